The molecular weight excluding hydrogens is 308 g/mol. The minimum atomic E-state index is -0.437. The Morgan fingerprint density at radius 3 is 2.58 bits per heavy atom. The number of nitrogens with zero attached hydrogens (tertiary/aromatic N) is 1. The summed E-state index contributed by atoms with van der Waals surface area (Å²) in [5, 5.41) is 12.6. The first kappa shape index (κ1) is 17.6. The molecule has 0 unspecified atom stereocenters. The van der Waals surface area contributed by atoms with Gasteiger partial charge in [-0.05, 0) is 31.0 Å². The summed E-state index contributed by atoms with van der Waals surface area (Å²) in [6.45, 7) is 1.89. The number of methoxy groups -OCH3 is 1. The van der Waals surface area contributed by atoms with Crippen LogP contribution in [-0.4, -0.2) is 22.7 Å². The third-order valence-electron chi connectivity index (χ3n) is 4.03. The van der Waals surface area contributed by atoms with Crippen LogP contribution in [-0.2, 0) is 24.8 Å². The van der Waals surface area contributed by atoms with Crippen molar-refractivity contribution >= 4 is 5.91 Å². The maximum atomic E-state index is 12.0. The number of carbonyl (C=O) groups is 1. The van der Waals surface area contributed by atoms with Crippen LogP contribution < -0.4 is 15.5 Å². The first-order valence-electron chi connectivity index (χ1n) is 7.70. The summed E-state index contributed by atoms with van der Waals surface area (Å²) in [7, 11) is 3.35. The Kier molecular flexibility index (Phi) is 5.63. The lowest BCUT2D eigenvalue weighted by molar-refractivity contribution is -0.121. The Bertz CT molecular complexity index is 779. The molecule has 0 fully saturated rings. The van der Waals surface area contributed by atoms with E-state index in [1.54, 1.807) is 25.6 Å². The van der Waals surface area contributed by atoms with Gasteiger partial charge in [-0.1, -0.05) is 12.1 Å². The van der Waals surface area contributed by atoms with E-state index in [1.807, 2.05) is 24.3 Å². The lowest BCUT2D eigenvalue weighted by atomic mass is 10.1. The molecule has 1 heterocycles. The van der Waals surface area contributed by atoms with E-state index >= 15 is 0 Å². The monoisotopic (exact) mass is 330 g/mol. The van der Waals surface area contributed by atoms with Crippen LogP contribution in [0.2, 0.25) is 0 Å². The van der Waals surface area contributed by atoms with E-state index < -0.39 is 5.43 Å². The van der Waals surface area contributed by atoms with E-state index in [1.165, 1.54) is 6.07 Å². The standard InChI is InChI=1S/C18H22N2O4/c1-12-10-16(21)18(23)15(20(12)2)11-19-17(22)9-6-13-4-7-14(24-3)8-5-13/h4-5,7-8,10,23H,6,9,11H2,1-3H3,(H,19,22). The molecule has 1 aromatic heterocycles. The number of benzene rings is 1. The molecule has 0 atom stereocenters. The summed E-state index contributed by atoms with van der Waals surface area (Å²) >= 11 is 0. The van der Waals surface area contributed by atoms with Gasteiger partial charge in [0, 0.05) is 25.2 Å². The summed E-state index contributed by atoms with van der Waals surface area (Å²) < 4.78 is 6.79. The first-order valence-corrected chi connectivity index (χ1v) is 7.70. The van der Waals surface area contributed by atoms with Crippen molar-refractivity contribution in [3.63, 3.8) is 0 Å². The first-order chi connectivity index (χ1) is 11.4. The van der Waals surface area contributed by atoms with Gasteiger partial charge in [0.05, 0.1) is 19.3 Å². The number of pyridine rings is 1. The molecule has 24 heavy (non-hydrogen) atoms. The van der Waals surface area contributed by atoms with Crippen LogP contribution in [0.15, 0.2) is 35.1 Å². The maximum Gasteiger partial charge on any atom is 0.223 e. The third-order valence-corrected chi connectivity index (χ3v) is 4.03. The zero-order chi connectivity index (χ0) is 17.7. The van der Waals surface area contributed by atoms with Crippen molar-refractivity contribution in [1.29, 1.82) is 0 Å². The molecule has 1 aromatic carbocycles. The predicted octanol–water partition coefficient (Wildman–Crippen LogP) is 1.66. The SMILES string of the molecule is COc1ccc(CCC(=O)NCc2c(O)c(=O)cc(C)n2C)cc1. The molecule has 2 N–H and O–H groups in total. The van der Waals surface area contributed by atoms with Gasteiger partial charge in [0.15, 0.2) is 5.75 Å². The normalized spacial score (nSPS) is 10.5. The predicted molar refractivity (Wildman–Crippen MR) is 91.2 cm³/mol. The van der Waals surface area contributed by atoms with Gasteiger partial charge in [0.25, 0.3) is 0 Å². The van der Waals surface area contributed by atoms with Crippen molar-refractivity contribution in [2.45, 2.75) is 26.3 Å². The van der Waals surface area contributed by atoms with Gasteiger partial charge < -0.3 is 19.7 Å². The molecule has 6 nitrogen and oxygen atoms in total. The summed E-state index contributed by atoms with van der Waals surface area (Å²) in [6, 6.07) is 8.91. The summed E-state index contributed by atoms with van der Waals surface area (Å²) in [5.74, 6) is 0.316. The fraction of sp³-hybridized carbons (Fsp3) is 0.333. The van der Waals surface area contributed by atoms with Crippen LogP contribution in [0.4, 0.5) is 0 Å². The topological polar surface area (TPSA) is 80.6 Å². The number of hydrogen-bond acceptors (Lipinski definition) is 4. The number of amides is 1. The van der Waals surface area contributed by atoms with E-state index in [0.29, 0.717) is 18.5 Å². The Morgan fingerprint density at radius 2 is 1.96 bits per heavy atom. The molecule has 2 rings (SSSR count). The summed E-state index contributed by atoms with van der Waals surface area (Å²) in [4.78, 5) is 23.6. The highest BCUT2D eigenvalue weighted by Crippen LogP contribution is 2.14. The van der Waals surface area contributed by atoms with Crippen LogP contribution in [0.3, 0.4) is 0 Å². The Hall–Kier alpha value is -2.76. The van der Waals surface area contributed by atoms with Crippen LogP contribution in [0.1, 0.15) is 23.4 Å². The van der Waals surface area contributed by atoms with Crippen LogP contribution in [0, 0.1) is 6.92 Å². The number of aromatic nitrogens is 1. The fourth-order valence-electron chi connectivity index (χ4n) is 2.39. The molecule has 0 saturated heterocycles. The molecule has 0 saturated carbocycles. The highest BCUT2D eigenvalue weighted by molar-refractivity contribution is 5.76. The summed E-state index contributed by atoms with van der Waals surface area (Å²) in [5.41, 5.74) is 1.72. The third kappa shape index (κ3) is 4.16. The molecule has 1 amide bonds. The number of rotatable bonds is 6. The van der Waals surface area contributed by atoms with Gasteiger partial charge in [0.1, 0.15) is 5.75 Å². The van der Waals surface area contributed by atoms with Crippen molar-refractivity contribution < 1.29 is 14.6 Å². The number of carbonyl (C=O) groups excluding carboxylic acids is 1. The maximum absolute atomic E-state index is 12.0. The number of nitrogens with one attached hydrogen (secondary N) is 1. The van der Waals surface area contributed by atoms with E-state index in [2.05, 4.69) is 5.32 Å². The van der Waals surface area contributed by atoms with Crippen LogP contribution in [0.25, 0.3) is 0 Å². The van der Waals surface area contributed by atoms with Gasteiger partial charge in [-0.15, -0.1) is 0 Å². The van der Waals surface area contributed by atoms with Gasteiger partial charge in [-0.2, -0.15) is 0 Å². The molecule has 0 bridgehead atoms. The number of hydrogen-bond donors (Lipinski definition) is 2. The van der Waals surface area contributed by atoms with E-state index in [4.69, 9.17) is 4.74 Å². The molecule has 0 aliphatic rings. The quantitative estimate of drug-likeness (QED) is 0.844. The summed E-state index contributed by atoms with van der Waals surface area (Å²) in [6.07, 6.45) is 0.932. The van der Waals surface area contributed by atoms with Gasteiger partial charge in [0.2, 0.25) is 11.3 Å². The van der Waals surface area contributed by atoms with Crippen molar-refractivity contribution in [1.82, 2.24) is 9.88 Å². The second-order valence-electron chi connectivity index (χ2n) is 5.63. The largest absolute Gasteiger partial charge is 0.503 e. The van der Waals surface area contributed by atoms with Gasteiger partial charge >= 0.3 is 0 Å². The van der Waals surface area contributed by atoms with Crippen molar-refractivity contribution in [3.8, 4) is 11.5 Å². The van der Waals surface area contributed by atoms with E-state index in [-0.39, 0.29) is 18.2 Å². The van der Waals surface area contributed by atoms with E-state index in [9.17, 15) is 14.7 Å². The van der Waals surface area contributed by atoms with Crippen molar-refractivity contribution in [3.05, 3.63) is 57.5 Å². The number of ether oxygens (including phenoxy) is 1. The molecule has 2 aromatic rings. The zero-order valence-corrected chi connectivity index (χ0v) is 14.1. The second-order valence-corrected chi connectivity index (χ2v) is 5.63. The molecule has 6 heteroatoms. The number of aromatic hydroxyl groups is 1. The highest BCUT2D eigenvalue weighted by Gasteiger charge is 2.12. The Morgan fingerprint density at radius 1 is 1.29 bits per heavy atom. The van der Waals surface area contributed by atoms with Gasteiger partial charge in [-0.25, -0.2) is 0 Å². The van der Waals surface area contributed by atoms with Crippen LogP contribution in [0.5, 0.6) is 11.5 Å². The van der Waals surface area contributed by atoms with Gasteiger partial charge in [-0.3, -0.25) is 9.59 Å². The smallest absolute Gasteiger partial charge is 0.223 e. The molecule has 128 valence electrons. The molecule has 0 spiro atoms. The minimum Gasteiger partial charge on any atom is -0.503 e. The zero-order valence-electron chi connectivity index (χ0n) is 14.1. The molecular formula is C18H22N2O4. The average Bonchev–Trinajstić information content (AvgIpc) is 2.58. The average molecular weight is 330 g/mol. The van der Waals surface area contributed by atoms with Crippen molar-refractivity contribution in [2.24, 2.45) is 7.05 Å². The second kappa shape index (κ2) is 7.68. The Balaban J connectivity index is 1.93. The Labute approximate surface area is 140 Å². The molecule has 0 aliphatic heterocycles. The molecule has 0 aliphatic carbocycles. The highest BCUT2D eigenvalue weighted by atomic mass is 16.5. The van der Waals surface area contributed by atoms with E-state index in [0.717, 1.165) is 17.0 Å². The van der Waals surface area contributed by atoms with Crippen molar-refractivity contribution in [2.75, 3.05) is 7.11 Å². The minimum absolute atomic E-state index is 0.112. The van der Waals surface area contributed by atoms with Crippen LogP contribution >= 0.6 is 0 Å². The number of aryl methyl sites for hydroxylation is 2. The lowest BCUT2D eigenvalue weighted by Gasteiger charge is -2.14. The lowest BCUT2D eigenvalue weighted by Crippen LogP contribution is -2.26. The fourth-order valence-corrected chi connectivity index (χ4v) is 2.39. The molecule has 0 radical (unpaired) electrons.